The highest BCUT2D eigenvalue weighted by atomic mass is 32.2. The van der Waals surface area contributed by atoms with E-state index >= 15 is 0 Å². The van der Waals surface area contributed by atoms with E-state index in [1.807, 2.05) is 6.07 Å². The first-order valence-electron chi connectivity index (χ1n) is 10.2. The maximum atomic E-state index is 11.2. The van der Waals surface area contributed by atoms with E-state index < -0.39 is 10.3 Å². The van der Waals surface area contributed by atoms with Gasteiger partial charge in [0, 0.05) is 0 Å². The van der Waals surface area contributed by atoms with Crippen molar-refractivity contribution in [2.24, 2.45) is 28.3 Å². The third kappa shape index (κ3) is 3.07. The summed E-state index contributed by atoms with van der Waals surface area (Å²) in [5.41, 5.74) is 3.20. The van der Waals surface area contributed by atoms with Crippen molar-refractivity contribution in [2.75, 3.05) is 0 Å². The van der Waals surface area contributed by atoms with E-state index in [-0.39, 0.29) is 0 Å². The molecule has 0 amide bonds. The second-order valence-electron chi connectivity index (χ2n) is 8.96. The molecular formula is C21H31NO3S. The highest BCUT2D eigenvalue weighted by Gasteiger charge is 2.54. The SMILES string of the molecule is CCC[C@H]1CC[C@H]2[C@@H]3CCc4cc(OS(N)(=O)=O)ccc4[C@H]3CC[C@]12C. The normalized spacial score (nSPS) is 36.1. The van der Waals surface area contributed by atoms with E-state index in [9.17, 15) is 8.42 Å². The van der Waals surface area contributed by atoms with Gasteiger partial charge in [-0.1, -0.05) is 32.8 Å². The van der Waals surface area contributed by atoms with Crippen LogP contribution in [-0.4, -0.2) is 8.42 Å². The maximum Gasteiger partial charge on any atom is 0.380 e. The number of rotatable bonds is 4. The Kier molecular flexibility index (Phi) is 4.59. The zero-order chi connectivity index (χ0) is 18.5. The molecule has 1 aromatic carbocycles. The summed E-state index contributed by atoms with van der Waals surface area (Å²) in [4.78, 5) is 0. The van der Waals surface area contributed by atoms with Crippen molar-refractivity contribution in [3.63, 3.8) is 0 Å². The van der Waals surface area contributed by atoms with Gasteiger partial charge in [-0.25, -0.2) is 0 Å². The molecule has 2 saturated carbocycles. The van der Waals surface area contributed by atoms with Crippen LogP contribution in [-0.2, 0) is 16.7 Å². The fourth-order valence-corrected chi connectivity index (χ4v) is 7.05. The Morgan fingerprint density at radius 1 is 1.23 bits per heavy atom. The number of hydrogen-bond acceptors (Lipinski definition) is 3. The lowest BCUT2D eigenvalue weighted by Crippen LogP contribution is -2.42. The monoisotopic (exact) mass is 377 g/mol. The van der Waals surface area contributed by atoms with Crippen LogP contribution >= 0.6 is 0 Å². The van der Waals surface area contributed by atoms with E-state index in [0.29, 0.717) is 17.1 Å². The van der Waals surface area contributed by atoms with E-state index in [1.54, 1.807) is 6.07 Å². The first kappa shape index (κ1) is 18.3. The van der Waals surface area contributed by atoms with E-state index in [0.717, 1.165) is 24.2 Å². The summed E-state index contributed by atoms with van der Waals surface area (Å²) in [6, 6.07) is 5.75. The molecule has 0 unspecified atom stereocenters. The molecule has 144 valence electrons. The summed E-state index contributed by atoms with van der Waals surface area (Å²) in [5, 5.41) is 5.01. The van der Waals surface area contributed by atoms with Crippen molar-refractivity contribution in [2.45, 2.75) is 71.1 Å². The van der Waals surface area contributed by atoms with Crippen LogP contribution in [0.25, 0.3) is 0 Å². The van der Waals surface area contributed by atoms with Crippen LogP contribution in [0.1, 0.15) is 75.8 Å². The average Bonchev–Trinajstić information content (AvgIpc) is 2.90. The smallest absolute Gasteiger partial charge is 0.371 e. The second kappa shape index (κ2) is 6.52. The Bertz CT molecular complexity index is 790. The second-order valence-corrected chi connectivity index (χ2v) is 10.1. The summed E-state index contributed by atoms with van der Waals surface area (Å²) < 4.78 is 27.3. The first-order chi connectivity index (χ1) is 12.3. The summed E-state index contributed by atoms with van der Waals surface area (Å²) in [7, 11) is -3.96. The van der Waals surface area contributed by atoms with Crippen molar-refractivity contribution in [3.05, 3.63) is 29.3 Å². The Hall–Kier alpha value is -1.07. The molecule has 0 aliphatic heterocycles. The zero-order valence-electron chi connectivity index (χ0n) is 15.9. The third-order valence-electron chi connectivity index (χ3n) is 7.74. The molecule has 4 rings (SSSR count). The molecule has 3 aliphatic rings. The fraction of sp³-hybridized carbons (Fsp3) is 0.714. The van der Waals surface area contributed by atoms with Crippen LogP contribution in [0.2, 0.25) is 0 Å². The number of fused-ring (bicyclic) bond motifs is 5. The van der Waals surface area contributed by atoms with Gasteiger partial charge in [-0.3, -0.25) is 0 Å². The Balaban J connectivity index is 1.59. The Labute approximate surface area is 157 Å². The minimum absolute atomic E-state index is 0.342. The topological polar surface area (TPSA) is 69.4 Å². The number of nitrogens with two attached hydrogens (primary N) is 1. The lowest BCUT2D eigenvalue weighted by atomic mass is 9.54. The van der Waals surface area contributed by atoms with E-state index in [2.05, 4.69) is 19.9 Å². The highest BCUT2D eigenvalue weighted by molar-refractivity contribution is 7.84. The summed E-state index contributed by atoms with van der Waals surface area (Å²) in [5.74, 6) is 3.51. The Morgan fingerprint density at radius 2 is 2.04 bits per heavy atom. The lowest BCUT2D eigenvalue weighted by molar-refractivity contribution is 0.0257. The van der Waals surface area contributed by atoms with Gasteiger partial charge in [-0.2, -0.15) is 13.6 Å². The quantitative estimate of drug-likeness (QED) is 0.837. The van der Waals surface area contributed by atoms with Crippen LogP contribution in [0.5, 0.6) is 5.75 Å². The summed E-state index contributed by atoms with van der Waals surface area (Å²) >= 11 is 0. The van der Waals surface area contributed by atoms with Crippen LogP contribution in [0.4, 0.5) is 0 Å². The van der Waals surface area contributed by atoms with Gasteiger partial charge < -0.3 is 4.18 Å². The molecule has 0 spiro atoms. The van der Waals surface area contributed by atoms with Gasteiger partial charge in [0.15, 0.2) is 0 Å². The van der Waals surface area contributed by atoms with Crippen molar-refractivity contribution in [1.82, 2.24) is 0 Å². The highest BCUT2D eigenvalue weighted by Crippen LogP contribution is 2.63. The number of benzene rings is 1. The summed E-state index contributed by atoms with van der Waals surface area (Å²) in [6.45, 7) is 4.89. The minimum Gasteiger partial charge on any atom is -0.371 e. The standard InChI is InChI=1S/C21H31NO3S/c1-3-4-15-6-10-20-19-8-5-14-13-16(25-26(22,23)24)7-9-17(14)18(19)11-12-21(15,20)2/h7,9,13,15,18-20H,3-6,8,10-12H2,1-2H3,(H2,22,23,24)/t15-,18+,19+,20-,21+/m0/s1. The number of hydrogen-bond donors (Lipinski definition) is 1. The van der Waals surface area contributed by atoms with Gasteiger partial charge in [-0.05, 0) is 90.9 Å². The molecule has 0 aromatic heterocycles. The van der Waals surface area contributed by atoms with Gasteiger partial charge in [0.25, 0.3) is 0 Å². The molecule has 2 N–H and O–H groups in total. The number of aryl methyl sites for hydroxylation is 1. The van der Waals surface area contributed by atoms with Crippen molar-refractivity contribution in [1.29, 1.82) is 0 Å². The van der Waals surface area contributed by atoms with E-state index in [4.69, 9.17) is 9.32 Å². The van der Waals surface area contributed by atoms with Crippen molar-refractivity contribution < 1.29 is 12.6 Å². The van der Waals surface area contributed by atoms with Crippen molar-refractivity contribution in [3.8, 4) is 5.75 Å². The zero-order valence-corrected chi connectivity index (χ0v) is 16.7. The third-order valence-corrected chi connectivity index (χ3v) is 8.17. The molecule has 2 fully saturated rings. The molecule has 3 aliphatic carbocycles. The van der Waals surface area contributed by atoms with Crippen LogP contribution in [0.3, 0.4) is 0 Å². The van der Waals surface area contributed by atoms with E-state index in [1.165, 1.54) is 56.1 Å². The molecule has 0 bridgehead atoms. The van der Waals surface area contributed by atoms with Gasteiger partial charge in [0.1, 0.15) is 5.75 Å². The minimum atomic E-state index is -3.96. The maximum absolute atomic E-state index is 11.2. The first-order valence-corrected chi connectivity index (χ1v) is 11.6. The Morgan fingerprint density at radius 3 is 2.77 bits per heavy atom. The predicted molar refractivity (Wildman–Crippen MR) is 103 cm³/mol. The van der Waals surface area contributed by atoms with Gasteiger partial charge in [0.05, 0.1) is 0 Å². The van der Waals surface area contributed by atoms with Crippen LogP contribution < -0.4 is 9.32 Å². The average molecular weight is 378 g/mol. The molecule has 1 aromatic rings. The predicted octanol–water partition coefficient (Wildman–Crippen LogP) is 4.54. The lowest BCUT2D eigenvalue weighted by Gasteiger charge is -2.51. The molecule has 0 heterocycles. The molecule has 5 heteroatoms. The van der Waals surface area contributed by atoms with Crippen LogP contribution in [0, 0.1) is 23.2 Å². The van der Waals surface area contributed by atoms with Gasteiger partial charge >= 0.3 is 10.3 Å². The molecule has 0 radical (unpaired) electrons. The molecule has 26 heavy (non-hydrogen) atoms. The molecule has 5 atom stereocenters. The largest absolute Gasteiger partial charge is 0.380 e. The summed E-state index contributed by atoms with van der Waals surface area (Å²) in [6.07, 6.45) is 10.3. The van der Waals surface area contributed by atoms with Crippen LogP contribution in [0.15, 0.2) is 18.2 Å². The molecule has 4 nitrogen and oxygen atoms in total. The van der Waals surface area contributed by atoms with Gasteiger partial charge in [0.2, 0.25) is 0 Å². The van der Waals surface area contributed by atoms with Gasteiger partial charge in [-0.15, -0.1) is 0 Å². The molecule has 0 saturated heterocycles. The molecular weight excluding hydrogens is 346 g/mol. The van der Waals surface area contributed by atoms with Crippen molar-refractivity contribution >= 4 is 10.3 Å². The fourth-order valence-electron chi connectivity index (χ4n) is 6.68.